The number of aromatic nitrogens is 2. The summed E-state index contributed by atoms with van der Waals surface area (Å²) in [6.07, 6.45) is 3.63. The molecule has 16 heavy (non-hydrogen) atoms. The monoisotopic (exact) mass is 236 g/mol. The van der Waals surface area contributed by atoms with Crippen LogP contribution in [0.5, 0.6) is 0 Å². The third-order valence-electron chi connectivity index (χ3n) is 2.40. The summed E-state index contributed by atoms with van der Waals surface area (Å²) >= 11 is 1.35. The summed E-state index contributed by atoms with van der Waals surface area (Å²) in [6.45, 7) is 3.88. The van der Waals surface area contributed by atoms with Crippen LogP contribution in [0.25, 0.3) is 5.65 Å². The van der Waals surface area contributed by atoms with Gasteiger partial charge in [-0.15, -0.1) is 11.8 Å². The first kappa shape index (κ1) is 11.0. The van der Waals surface area contributed by atoms with Gasteiger partial charge in [0.1, 0.15) is 10.7 Å². The van der Waals surface area contributed by atoms with E-state index >= 15 is 0 Å². The second-order valence-corrected chi connectivity index (χ2v) is 4.46. The van der Waals surface area contributed by atoms with E-state index in [0.29, 0.717) is 10.7 Å². The van der Waals surface area contributed by atoms with Gasteiger partial charge in [0.05, 0.1) is 0 Å². The van der Waals surface area contributed by atoms with E-state index < -0.39 is 5.97 Å². The number of carboxylic acid groups (broad SMARTS) is 1. The molecule has 0 atom stereocenters. The molecule has 2 rings (SSSR count). The Bertz CT molecular complexity index is 575. The van der Waals surface area contributed by atoms with Gasteiger partial charge in [-0.25, -0.2) is 9.78 Å². The molecular weight excluding hydrogens is 224 g/mol. The van der Waals surface area contributed by atoms with Crippen LogP contribution in [-0.2, 0) is 0 Å². The summed E-state index contributed by atoms with van der Waals surface area (Å²) in [5, 5.41) is 9.75. The number of aryl methyl sites for hydroxylation is 2. The molecule has 0 saturated heterocycles. The van der Waals surface area contributed by atoms with E-state index in [-0.39, 0.29) is 5.69 Å². The Morgan fingerprint density at radius 2 is 2.19 bits per heavy atom. The van der Waals surface area contributed by atoms with Crippen molar-refractivity contribution in [2.45, 2.75) is 18.9 Å². The summed E-state index contributed by atoms with van der Waals surface area (Å²) in [4.78, 5) is 15.5. The van der Waals surface area contributed by atoms with Crippen LogP contribution in [0.3, 0.4) is 0 Å². The molecule has 0 aromatic carbocycles. The Kier molecular flexibility index (Phi) is 2.63. The quantitative estimate of drug-likeness (QED) is 0.813. The van der Waals surface area contributed by atoms with Crippen molar-refractivity contribution in [2.75, 3.05) is 6.26 Å². The highest BCUT2D eigenvalue weighted by Gasteiger charge is 2.18. The number of hydrogen-bond donors (Lipinski definition) is 1. The molecule has 84 valence electrons. The molecule has 0 spiro atoms. The van der Waals surface area contributed by atoms with Crippen LogP contribution in [0, 0.1) is 13.8 Å². The Balaban J connectivity index is 2.89. The van der Waals surface area contributed by atoms with Crippen LogP contribution in [0.1, 0.15) is 21.6 Å². The molecule has 0 fully saturated rings. The Morgan fingerprint density at radius 1 is 1.50 bits per heavy atom. The van der Waals surface area contributed by atoms with Gasteiger partial charge in [-0.1, -0.05) is 6.07 Å². The first-order valence-electron chi connectivity index (χ1n) is 4.81. The van der Waals surface area contributed by atoms with E-state index in [1.807, 2.05) is 26.2 Å². The maximum absolute atomic E-state index is 11.2. The van der Waals surface area contributed by atoms with Gasteiger partial charge in [0.2, 0.25) is 0 Å². The number of fused-ring (bicyclic) bond motifs is 1. The Labute approximate surface area is 97.3 Å². The van der Waals surface area contributed by atoms with Gasteiger partial charge >= 0.3 is 5.97 Å². The van der Waals surface area contributed by atoms with Crippen molar-refractivity contribution >= 4 is 23.4 Å². The first-order valence-corrected chi connectivity index (χ1v) is 6.03. The topological polar surface area (TPSA) is 54.6 Å². The Hall–Kier alpha value is -1.49. The molecule has 0 radical (unpaired) electrons. The van der Waals surface area contributed by atoms with Gasteiger partial charge in [-0.3, -0.25) is 4.40 Å². The molecule has 0 saturated carbocycles. The second kappa shape index (κ2) is 3.83. The van der Waals surface area contributed by atoms with E-state index in [1.165, 1.54) is 11.8 Å². The first-order chi connectivity index (χ1) is 7.54. The molecule has 5 heteroatoms. The molecule has 2 aromatic heterocycles. The van der Waals surface area contributed by atoms with Crippen LogP contribution < -0.4 is 0 Å². The molecule has 0 bridgehead atoms. The SMILES string of the molecule is CSc1nc2c(C)cc(C)cn2c1C(=O)O. The standard InChI is InChI=1S/C11H12N2O2S/c1-6-4-7(2)9-12-10(16-3)8(11(14)15)13(9)5-6/h4-5H,1-3H3,(H,14,15). The minimum absolute atomic E-state index is 0.245. The highest BCUT2D eigenvalue weighted by atomic mass is 32.2. The number of carboxylic acids is 1. The summed E-state index contributed by atoms with van der Waals surface area (Å²) in [5.41, 5.74) is 2.97. The molecule has 1 N–H and O–H groups in total. The summed E-state index contributed by atoms with van der Waals surface area (Å²) < 4.78 is 1.65. The molecule has 2 aromatic rings. The van der Waals surface area contributed by atoms with Gasteiger partial charge < -0.3 is 5.11 Å². The lowest BCUT2D eigenvalue weighted by Crippen LogP contribution is -2.03. The zero-order chi connectivity index (χ0) is 11.9. The molecule has 4 nitrogen and oxygen atoms in total. The Morgan fingerprint density at radius 3 is 2.75 bits per heavy atom. The number of aromatic carboxylic acids is 1. The van der Waals surface area contributed by atoms with Crippen molar-refractivity contribution in [3.63, 3.8) is 0 Å². The van der Waals surface area contributed by atoms with Crippen LogP contribution in [0.15, 0.2) is 17.3 Å². The average molecular weight is 236 g/mol. The van der Waals surface area contributed by atoms with Crippen LogP contribution in [0.2, 0.25) is 0 Å². The third-order valence-corrected chi connectivity index (χ3v) is 3.08. The summed E-state index contributed by atoms with van der Waals surface area (Å²) in [7, 11) is 0. The molecule has 0 amide bonds. The molecule has 0 aliphatic carbocycles. The lowest BCUT2D eigenvalue weighted by Gasteiger charge is -2.02. The van der Waals surface area contributed by atoms with Gasteiger partial charge in [0.25, 0.3) is 0 Å². The lowest BCUT2D eigenvalue weighted by molar-refractivity contribution is 0.0685. The highest BCUT2D eigenvalue weighted by Crippen LogP contribution is 2.23. The van der Waals surface area contributed by atoms with Crippen molar-refractivity contribution < 1.29 is 9.90 Å². The number of nitrogens with zero attached hydrogens (tertiary/aromatic N) is 2. The number of thioether (sulfide) groups is 1. The van der Waals surface area contributed by atoms with Crippen molar-refractivity contribution in [1.82, 2.24) is 9.38 Å². The zero-order valence-electron chi connectivity index (χ0n) is 9.31. The predicted molar refractivity (Wildman–Crippen MR) is 63.4 cm³/mol. The average Bonchev–Trinajstić information content (AvgIpc) is 2.56. The van der Waals surface area contributed by atoms with E-state index in [9.17, 15) is 9.90 Å². The highest BCUT2D eigenvalue weighted by molar-refractivity contribution is 7.98. The van der Waals surface area contributed by atoms with Crippen molar-refractivity contribution in [2.24, 2.45) is 0 Å². The minimum Gasteiger partial charge on any atom is -0.476 e. The van der Waals surface area contributed by atoms with Crippen molar-refractivity contribution in [3.05, 3.63) is 29.1 Å². The molecule has 0 aliphatic heterocycles. The van der Waals surface area contributed by atoms with Crippen LogP contribution in [0.4, 0.5) is 0 Å². The summed E-state index contributed by atoms with van der Waals surface area (Å²) in [6, 6.07) is 2.00. The normalized spacial score (nSPS) is 10.9. The van der Waals surface area contributed by atoms with Crippen LogP contribution in [-0.4, -0.2) is 26.7 Å². The fraction of sp³-hybridized carbons (Fsp3) is 0.273. The lowest BCUT2D eigenvalue weighted by atomic mass is 10.2. The van der Waals surface area contributed by atoms with E-state index in [1.54, 1.807) is 10.6 Å². The van der Waals surface area contributed by atoms with E-state index in [2.05, 4.69) is 4.98 Å². The van der Waals surface area contributed by atoms with Crippen molar-refractivity contribution in [3.8, 4) is 0 Å². The van der Waals surface area contributed by atoms with E-state index in [4.69, 9.17) is 0 Å². The fourth-order valence-corrected chi connectivity index (χ4v) is 2.36. The number of carbonyl (C=O) groups is 1. The second-order valence-electron chi connectivity index (χ2n) is 3.67. The van der Waals surface area contributed by atoms with Gasteiger partial charge in [-0.2, -0.15) is 0 Å². The van der Waals surface area contributed by atoms with E-state index in [0.717, 1.165) is 11.1 Å². The maximum atomic E-state index is 11.2. The van der Waals surface area contributed by atoms with Gasteiger partial charge in [-0.05, 0) is 31.2 Å². The smallest absolute Gasteiger partial charge is 0.355 e. The largest absolute Gasteiger partial charge is 0.476 e. The van der Waals surface area contributed by atoms with Crippen LogP contribution >= 0.6 is 11.8 Å². The zero-order valence-corrected chi connectivity index (χ0v) is 10.1. The minimum atomic E-state index is -0.943. The number of imidazole rings is 1. The molecule has 0 aliphatic rings. The maximum Gasteiger partial charge on any atom is 0.355 e. The molecule has 2 heterocycles. The van der Waals surface area contributed by atoms with Crippen molar-refractivity contribution in [1.29, 1.82) is 0 Å². The predicted octanol–water partition coefficient (Wildman–Crippen LogP) is 2.37. The summed E-state index contributed by atoms with van der Waals surface area (Å²) in [5.74, 6) is -0.943. The third kappa shape index (κ3) is 1.57. The van der Waals surface area contributed by atoms with Gasteiger partial charge in [0.15, 0.2) is 5.69 Å². The fourth-order valence-electron chi connectivity index (χ4n) is 1.80. The number of hydrogen-bond acceptors (Lipinski definition) is 3. The number of pyridine rings is 1. The molecule has 0 unspecified atom stereocenters. The van der Waals surface area contributed by atoms with Gasteiger partial charge in [0, 0.05) is 6.20 Å². The molecular formula is C11H12N2O2S. The number of rotatable bonds is 2.